The number of urea groups is 1. The third-order valence-corrected chi connectivity index (χ3v) is 8.62. The Bertz CT molecular complexity index is 2020. The number of fused-ring (bicyclic) bond motifs is 1. The molecule has 0 spiro atoms. The lowest BCUT2D eigenvalue weighted by Crippen LogP contribution is -2.33. The number of hydrogen-bond acceptors (Lipinski definition) is 4. The molecule has 0 aliphatic heterocycles. The van der Waals surface area contributed by atoms with E-state index in [1.54, 1.807) is 18.2 Å². The zero-order valence-electron chi connectivity index (χ0n) is 28.3. The predicted octanol–water partition coefficient (Wildman–Crippen LogP) is 10.2. The second-order valence-corrected chi connectivity index (χ2v) is 12.7. The van der Waals surface area contributed by atoms with Gasteiger partial charge >= 0.3 is 12.2 Å². The largest absolute Gasteiger partial charge is 0.417 e. The number of halogens is 6. The minimum absolute atomic E-state index is 0.0293. The molecular weight excluding hydrogens is 689 g/mol. The van der Waals surface area contributed by atoms with E-state index in [0.29, 0.717) is 28.0 Å². The number of carbonyl (C=O) groups excluding carboxylic acids is 2. The third kappa shape index (κ3) is 9.04. The molecule has 4 aromatic carbocycles. The van der Waals surface area contributed by atoms with Crippen molar-refractivity contribution in [3.63, 3.8) is 0 Å². The summed E-state index contributed by atoms with van der Waals surface area (Å²) in [4.78, 5) is 32.5. The molecule has 7 nitrogen and oxygen atoms in total. The van der Waals surface area contributed by atoms with Crippen molar-refractivity contribution >= 4 is 45.8 Å². The normalized spacial score (nSPS) is 12.2. The highest BCUT2D eigenvalue weighted by molar-refractivity contribution is 6.31. The van der Waals surface area contributed by atoms with Crippen molar-refractivity contribution in [1.82, 2.24) is 14.9 Å². The molecule has 5 rings (SSSR count). The van der Waals surface area contributed by atoms with E-state index in [2.05, 4.69) is 29.4 Å². The summed E-state index contributed by atoms with van der Waals surface area (Å²) in [5.41, 5.74) is 3.12. The van der Waals surface area contributed by atoms with Crippen molar-refractivity contribution < 1.29 is 31.5 Å². The lowest BCUT2D eigenvalue weighted by molar-refractivity contribution is -0.137. The second kappa shape index (κ2) is 15.9. The Hall–Kier alpha value is -4.97. The van der Waals surface area contributed by atoms with E-state index in [9.17, 15) is 31.5 Å². The molecule has 0 saturated carbocycles. The average Bonchev–Trinajstić information content (AvgIpc) is 3.42. The standard InChI is InChI=1S/C38H37ClF5N5O2/c1-4-16-48(17-5-2)28-11-7-25(8-12-28)36-46-34-20-26(9-15-35(34)49(36)22-24-6-14-31(40)32(41)19-24)33(18-23(3)50)47-37(51)45-27-10-13-29(30(39)21-27)38(42,43)44/h6-15,19-21,33H,4-5,16-18,22H2,1-3H3,(H2,45,47,51). The minimum Gasteiger partial charge on any atom is -0.372 e. The number of anilines is 2. The Morgan fingerprint density at radius 3 is 2.22 bits per heavy atom. The first kappa shape index (κ1) is 37.3. The van der Waals surface area contributed by atoms with Crippen LogP contribution in [0.2, 0.25) is 5.02 Å². The summed E-state index contributed by atoms with van der Waals surface area (Å²) in [5.74, 6) is -1.56. The fourth-order valence-electron chi connectivity index (χ4n) is 5.98. The molecule has 1 aromatic heterocycles. The highest BCUT2D eigenvalue weighted by atomic mass is 35.5. The molecular formula is C38H37ClF5N5O2. The van der Waals surface area contributed by atoms with Crippen LogP contribution in [0.1, 0.15) is 62.8 Å². The molecule has 0 radical (unpaired) electrons. The van der Waals surface area contributed by atoms with E-state index < -0.39 is 40.5 Å². The van der Waals surface area contributed by atoms with Gasteiger partial charge in [0.1, 0.15) is 11.6 Å². The first-order chi connectivity index (χ1) is 24.3. The van der Waals surface area contributed by atoms with Crippen molar-refractivity contribution in [2.75, 3.05) is 23.3 Å². The monoisotopic (exact) mass is 725 g/mol. The first-order valence-electron chi connectivity index (χ1n) is 16.5. The molecule has 0 fully saturated rings. The fraction of sp³-hybridized carbons (Fsp3) is 0.289. The number of amides is 2. The van der Waals surface area contributed by atoms with Crippen LogP contribution in [0.5, 0.6) is 0 Å². The molecule has 0 bridgehead atoms. The SMILES string of the molecule is CCCN(CCC)c1ccc(-c2nc3cc(C(CC(C)=O)NC(=O)Nc4ccc(C(F)(F)F)c(Cl)c4)ccc3n2Cc2ccc(F)c(F)c2)cc1. The number of hydrogen-bond donors (Lipinski definition) is 2. The van der Waals surface area contributed by atoms with Gasteiger partial charge in [-0.1, -0.05) is 37.6 Å². The van der Waals surface area contributed by atoms with Crippen LogP contribution in [0, 0.1) is 11.6 Å². The van der Waals surface area contributed by atoms with E-state index >= 15 is 0 Å². The molecule has 0 saturated heterocycles. The Balaban J connectivity index is 1.49. The van der Waals surface area contributed by atoms with Gasteiger partial charge in [-0.05, 0) is 97.6 Å². The zero-order valence-corrected chi connectivity index (χ0v) is 29.0. The number of Topliss-reactive ketones (excluding diaryl/α,β-unsaturated/α-hetero) is 1. The lowest BCUT2D eigenvalue weighted by atomic mass is 10.0. The third-order valence-electron chi connectivity index (χ3n) is 8.31. The Morgan fingerprint density at radius 2 is 1.61 bits per heavy atom. The van der Waals surface area contributed by atoms with Gasteiger partial charge in [-0.2, -0.15) is 13.2 Å². The van der Waals surface area contributed by atoms with Crippen LogP contribution in [0.15, 0.2) is 78.9 Å². The number of benzene rings is 4. The van der Waals surface area contributed by atoms with Gasteiger partial charge < -0.3 is 20.1 Å². The highest BCUT2D eigenvalue weighted by Gasteiger charge is 2.33. The van der Waals surface area contributed by atoms with Crippen molar-refractivity contribution in [1.29, 1.82) is 0 Å². The van der Waals surface area contributed by atoms with Crippen molar-refractivity contribution in [3.05, 3.63) is 112 Å². The number of ketones is 1. The van der Waals surface area contributed by atoms with Gasteiger partial charge in [0.2, 0.25) is 0 Å². The molecule has 1 unspecified atom stereocenters. The molecule has 2 N–H and O–H groups in total. The van der Waals surface area contributed by atoms with Crippen LogP contribution in [0.25, 0.3) is 22.4 Å². The molecule has 1 heterocycles. The summed E-state index contributed by atoms with van der Waals surface area (Å²) < 4.78 is 69.3. The van der Waals surface area contributed by atoms with Gasteiger partial charge in [0.15, 0.2) is 11.6 Å². The smallest absolute Gasteiger partial charge is 0.372 e. The zero-order chi connectivity index (χ0) is 36.9. The highest BCUT2D eigenvalue weighted by Crippen LogP contribution is 2.36. The van der Waals surface area contributed by atoms with E-state index in [-0.39, 0.29) is 24.4 Å². The van der Waals surface area contributed by atoms with Gasteiger partial charge in [-0.3, -0.25) is 4.79 Å². The van der Waals surface area contributed by atoms with Crippen LogP contribution >= 0.6 is 11.6 Å². The van der Waals surface area contributed by atoms with E-state index in [1.165, 1.54) is 13.0 Å². The molecule has 51 heavy (non-hydrogen) atoms. The number of imidazole rings is 1. The molecule has 1 atom stereocenters. The summed E-state index contributed by atoms with van der Waals surface area (Å²) in [7, 11) is 0. The summed E-state index contributed by atoms with van der Waals surface area (Å²) >= 11 is 5.81. The predicted molar refractivity (Wildman–Crippen MR) is 190 cm³/mol. The summed E-state index contributed by atoms with van der Waals surface area (Å²) in [6, 6.07) is 18.2. The van der Waals surface area contributed by atoms with Crippen LogP contribution in [-0.2, 0) is 17.5 Å². The van der Waals surface area contributed by atoms with Crippen LogP contribution in [0.3, 0.4) is 0 Å². The number of carbonyl (C=O) groups is 2. The number of nitrogens with one attached hydrogen (secondary N) is 2. The van der Waals surface area contributed by atoms with Crippen LogP contribution in [0.4, 0.5) is 38.1 Å². The number of nitrogens with zero attached hydrogens (tertiary/aromatic N) is 3. The fourth-order valence-corrected chi connectivity index (χ4v) is 6.27. The van der Waals surface area contributed by atoms with Gasteiger partial charge in [0.25, 0.3) is 0 Å². The van der Waals surface area contributed by atoms with E-state index in [0.717, 1.165) is 67.5 Å². The molecule has 13 heteroatoms. The molecule has 5 aromatic rings. The maximum absolute atomic E-state index is 14.2. The maximum atomic E-state index is 14.2. The van der Waals surface area contributed by atoms with Crippen molar-refractivity contribution in [3.8, 4) is 11.4 Å². The van der Waals surface area contributed by atoms with E-state index in [4.69, 9.17) is 16.6 Å². The Kier molecular flexibility index (Phi) is 11.6. The van der Waals surface area contributed by atoms with Crippen molar-refractivity contribution in [2.45, 2.75) is 58.8 Å². The second-order valence-electron chi connectivity index (χ2n) is 12.3. The molecule has 268 valence electrons. The van der Waals surface area contributed by atoms with E-state index in [1.807, 2.05) is 28.8 Å². The van der Waals surface area contributed by atoms with Gasteiger partial charge in [0.05, 0.1) is 27.7 Å². The number of alkyl halides is 3. The quantitative estimate of drug-likeness (QED) is 0.119. The topological polar surface area (TPSA) is 79.3 Å². The molecule has 2 amide bonds. The number of aromatic nitrogens is 2. The summed E-state index contributed by atoms with van der Waals surface area (Å²) in [6.07, 6.45) is -2.74. The molecule has 0 aliphatic rings. The Labute approximate surface area is 297 Å². The van der Waals surface area contributed by atoms with Crippen LogP contribution < -0.4 is 15.5 Å². The summed E-state index contributed by atoms with van der Waals surface area (Å²) in [5, 5.41) is 4.63. The van der Waals surface area contributed by atoms with Gasteiger partial charge in [0, 0.05) is 43.0 Å². The molecule has 0 aliphatic carbocycles. The maximum Gasteiger partial charge on any atom is 0.417 e. The summed E-state index contributed by atoms with van der Waals surface area (Å²) in [6.45, 7) is 7.64. The first-order valence-corrected chi connectivity index (χ1v) is 16.9. The Morgan fingerprint density at radius 1 is 0.902 bits per heavy atom. The average molecular weight is 726 g/mol. The van der Waals surface area contributed by atoms with Gasteiger partial charge in [-0.25, -0.2) is 18.6 Å². The minimum atomic E-state index is -4.65. The number of rotatable bonds is 13. The lowest BCUT2D eigenvalue weighted by Gasteiger charge is -2.24. The van der Waals surface area contributed by atoms with Crippen molar-refractivity contribution in [2.24, 2.45) is 0 Å². The van der Waals surface area contributed by atoms with Gasteiger partial charge in [-0.15, -0.1) is 0 Å². The van der Waals surface area contributed by atoms with Crippen LogP contribution in [-0.4, -0.2) is 34.5 Å².